The quantitative estimate of drug-likeness (QED) is 0.819. The van der Waals surface area contributed by atoms with Gasteiger partial charge in [-0.1, -0.05) is 12.1 Å². The normalized spacial score (nSPS) is 11.0. The van der Waals surface area contributed by atoms with E-state index in [0.717, 1.165) is 4.90 Å². The summed E-state index contributed by atoms with van der Waals surface area (Å²) in [4.78, 5) is 0.965. The van der Waals surface area contributed by atoms with Crippen LogP contribution in [0.25, 0.3) is 0 Å². The second-order valence-corrected chi connectivity index (χ2v) is 6.85. The lowest BCUT2D eigenvalue weighted by atomic mass is 10.3. The molecule has 0 aliphatic heterocycles. The molecule has 1 N–H and O–H groups in total. The molecule has 0 amide bonds. The van der Waals surface area contributed by atoms with Crippen LogP contribution in [0.4, 0.5) is 5.69 Å². The number of nitrogens with one attached hydrogen (secondary N) is 1. The fourth-order valence-corrected chi connectivity index (χ4v) is 3.63. The molecule has 0 aromatic heterocycles. The fourth-order valence-electron chi connectivity index (χ4n) is 1.92. The van der Waals surface area contributed by atoms with E-state index in [0.29, 0.717) is 17.2 Å². The first kappa shape index (κ1) is 16.5. The van der Waals surface area contributed by atoms with Gasteiger partial charge in [0.05, 0.1) is 24.8 Å². The van der Waals surface area contributed by atoms with E-state index >= 15 is 0 Å². The Hall–Kier alpha value is -1.86. The minimum Gasteiger partial charge on any atom is -0.493 e. The second kappa shape index (κ2) is 6.93. The molecule has 2 rings (SSSR count). The molecule has 0 saturated carbocycles. The van der Waals surface area contributed by atoms with E-state index < -0.39 is 10.0 Å². The van der Waals surface area contributed by atoms with Crippen molar-refractivity contribution in [2.75, 3.05) is 25.2 Å². The fraction of sp³-hybridized carbons (Fsp3) is 0.200. The van der Waals surface area contributed by atoms with Crippen LogP contribution in [0.5, 0.6) is 11.5 Å². The van der Waals surface area contributed by atoms with Crippen molar-refractivity contribution in [1.29, 1.82) is 0 Å². The van der Waals surface area contributed by atoms with Gasteiger partial charge >= 0.3 is 0 Å². The number of benzene rings is 2. The van der Waals surface area contributed by atoms with Crippen LogP contribution in [-0.2, 0) is 10.0 Å². The molecule has 0 aliphatic carbocycles. The summed E-state index contributed by atoms with van der Waals surface area (Å²) < 4.78 is 37.9. The maximum atomic E-state index is 12.5. The Kier molecular flexibility index (Phi) is 5.20. The Morgan fingerprint density at radius 1 is 1.00 bits per heavy atom. The Morgan fingerprint density at radius 2 is 1.68 bits per heavy atom. The van der Waals surface area contributed by atoms with Crippen LogP contribution in [0.2, 0.25) is 0 Å². The van der Waals surface area contributed by atoms with E-state index in [4.69, 9.17) is 9.47 Å². The van der Waals surface area contributed by atoms with E-state index in [1.807, 2.05) is 18.4 Å². The number of sulfonamides is 1. The van der Waals surface area contributed by atoms with E-state index in [1.54, 1.807) is 18.2 Å². The van der Waals surface area contributed by atoms with Crippen LogP contribution in [0.1, 0.15) is 0 Å². The van der Waals surface area contributed by atoms with Gasteiger partial charge in [-0.25, -0.2) is 8.42 Å². The van der Waals surface area contributed by atoms with Crippen molar-refractivity contribution >= 4 is 27.5 Å². The summed E-state index contributed by atoms with van der Waals surface area (Å²) in [5.74, 6) is 0.842. The maximum Gasteiger partial charge on any atom is 0.262 e. The molecule has 7 heteroatoms. The zero-order valence-electron chi connectivity index (χ0n) is 12.5. The number of rotatable bonds is 6. The molecular formula is C15H17NO4S2. The molecule has 0 bridgehead atoms. The van der Waals surface area contributed by atoms with Crippen LogP contribution < -0.4 is 14.2 Å². The van der Waals surface area contributed by atoms with Gasteiger partial charge in [0.25, 0.3) is 10.0 Å². The van der Waals surface area contributed by atoms with Crippen molar-refractivity contribution in [3.05, 3.63) is 42.5 Å². The van der Waals surface area contributed by atoms with E-state index in [-0.39, 0.29) is 4.90 Å². The van der Waals surface area contributed by atoms with Crippen molar-refractivity contribution in [1.82, 2.24) is 0 Å². The van der Waals surface area contributed by atoms with E-state index in [9.17, 15) is 8.42 Å². The molecule has 118 valence electrons. The van der Waals surface area contributed by atoms with Gasteiger partial charge < -0.3 is 9.47 Å². The molecule has 5 nitrogen and oxygen atoms in total. The lowest BCUT2D eigenvalue weighted by Crippen LogP contribution is -2.13. The average molecular weight is 339 g/mol. The third-order valence-corrected chi connectivity index (χ3v) is 5.18. The second-order valence-electron chi connectivity index (χ2n) is 4.32. The SMILES string of the molecule is COc1ccc(S(=O)(=O)Nc2ccccc2SC)cc1OC. The number of hydrogen-bond donors (Lipinski definition) is 1. The number of para-hydroxylation sites is 1. The standard InChI is InChI=1S/C15H17NO4S2/c1-19-13-9-8-11(10-14(13)20-2)22(17,18)16-12-6-4-5-7-15(12)21-3/h4-10,16H,1-3H3. The molecule has 2 aromatic rings. The Labute approximate surface area is 134 Å². The summed E-state index contributed by atoms with van der Waals surface area (Å²) in [6.45, 7) is 0. The largest absolute Gasteiger partial charge is 0.493 e. The molecule has 0 unspecified atom stereocenters. The minimum atomic E-state index is -3.70. The van der Waals surface area contributed by atoms with Crippen molar-refractivity contribution in [3.8, 4) is 11.5 Å². The molecule has 0 aliphatic rings. The lowest BCUT2D eigenvalue weighted by Gasteiger charge is -2.13. The number of hydrogen-bond acceptors (Lipinski definition) is 5. The monoisotopic (exact) mass is 339 g/mol. The number of thioether (sulfide) groups is 1. The molecular weight excluding hydrogens is 322 g/mol. The topological polar surface area (TPSA) is 64.6 Å². The summed E-state index contributed by atoms with van der Waals surface area (Å²) >= 11 is 1.47. The van der Waals surface area contributed by atoms with Gasteiger partial charge in [-0.15, -0.1) is 11.8 Å². The van der Waals surface area contributed by atoms with Gasteiger partial charge in [0, 0.05) is 11.0 Å². The van der Waals surface area contributed by atoms with Gasteiger partial charge in [0.15, 0.2) is 11.5 Å². The predicted molar refractivity (Wildman–Crippen MR) is 88.6 cm³/mol. The smallest absolute Gasteiger partial charge is 0.262 e. The van der Waals surface area contributed by atoms with E-state index in [1.165, 1.54) is 38.1 Å². The summed E-state index contributed by atoms with van der Waals surface area (Å²) in [5.41, 5.74) is 0.546. The minimum absolute atomic E-state index is 0.112. The number of ether oxygens (including phenoxy) is 2. The third-order valence-electron chi connectivity index (χ3n) is 3.02. The number of anilines is 1. The van der Waals surface area contributed by atoms with Crippen molar-refractivity contribution in [2.24, 2.45) is 0 Å². The summed E-state index contributed by atoms with van der Waals surface area (Å²) in [7, 11) is -0.740. The molecule has 0 spiro atoms. The van der Waals surface area contributed by atoms with Crippen LogP contribution in [0.15, 0.2) is 52.3 Å². The molecule has 22 heavy (non-hydrogen) atoms. The van der Waals surface area contributed by atoms with E-state index in [2.05, 4.69) is 4.72 Å². The summed E-state index contributed by atoms with van der Waals surface area (Å²) in [6, 6.07) is 11.7. The molecule has 0 fully saturated rings. The molecule has 0 saturated heterocycles. The third kappa shape index (κ3) is 3.48. The molecule has 0 heterocycles. The highest BCUT2D eigenvalue weighted by molar-refractivity contribution is 7.99. The average Bonchev–Trinajstić information content (AvgIpc) is 2.54. The van der Waals surface area contributed by atoms with Crippen LogP contribution in [0.3, 0.4) is 0 Å². The van der Waals surface area contributed by atoms with Crippen LogP contribution in [0, 0.1) is 0 Å². The zero-order chi connectivity index (χ0) is 16.2. The first-order valence-corrected chi connectivity index (χ1v) is 9.10. The number of methoxy groups -OCH3 is 2. The predicted octanol–water partition coefficient (Wildman–Crippen LogP) is 3.23. The first-order valence-electron chi connectivity index (χ1n) is 6.39. The van der Waals surface area contributed by atoms with Crippen LogP contribution in [-0.4, -0.2) is 28.9 Å². The van der Waals surface area contributed by atoms with Gasteiger partial charge in [-0.05, 0) is 30.5 Å². The molecule has 0 atom stereocenters. The Balaban J connectivity index is 2.38. The zero-order valence-corrected chi connectivity index (χ0v) is 14.1. The lowest BCUT2D eigenvalue weighted by molar-refractivity contribution is 0.354. The highest BCUT2D eigenvalue weighted by Crippen LogP contribution is 2.31. The van der Waals surface area contributed by atoms with Crippen molar-refractivity contribution in [2.45, 2.75) is 9.79 Å². The molecule has 2 aromatic carbocycles. The van der Waals surface area contributed by atoms with Crippen molar-refractivity contribution < 1.29 is 17.9 Å². The Morgan fingerprint density at radius 3 is 2.32 bits per heavy atom. The van der Waals surface area contributed by atoms with Gasteiger partial charge in [-0.2, -0.15) is 0 Å². The Bertz CT molecular complexity index is 760. The highest BCUT2D eigenvalue weighted by atomic mass is 32.2. The molecule has 0 radical (unpaired) electrons. The van der Waals surface area contributed by atoms with Crippen molar-refractivity contribution in [3.63, 3.8) is 0 Å². The maximum absolute atomic E-state index is 12.5. The summed E-state index contributed by atoms with van der Waals surface area (Å²) in [6.07, 6.45) is 1.89. The first-order chi connectivity index (χ1) is 10.5. The van der Waals surface area contributed by atoms with Gasteiger partial charge in [-0.3, -0.25) is 4.72 Å². The van der Waals surface area contributed by atoms with Gasteiger partial charge in [0.2, 0.25) is 0 Å². The summed E-state index contributed by atoms with van der Waals surface area (Å²) in [5, 5.41) is 0. The van der Waals surface area contributed by atoms with Crippen LogP contribution >= 0.6 is 11.8 Å². The van der Waals surface area contributed by atoms with Gasteiger partial charge in [0.1, 0.15) is 0 Å². The highest BCUT2D eigenvalue weighted by Gasteiger charge is 2.18.